The van der Waals surface area contributed by atoms with E-state index in [4.69, 9.17) is 0 Å². The van der Waals surface area contributed by atoms with Crippen LogP contribution in [0.2, 0.25) is 0 Å². The minimum absolute atomic E-state index is 0.579. The third-order valence-corrected chi connectivity index (χ3v) is 4.03. The molecule has 1 unspecified atom stereocenters. The van der Waals surface area contributed by atoms with Crippen molar-refractivity contribution in [2.24, 2.45) is 5.92 Å². The second-order valence-corrected chi connectivity index (χ2v) is 5.14. The predicted octanol–water partition coefficient (Wildman–Crippen LogP) is 3.35. The molecule has 0 amide bonds. The van der Waals surface area contributed by atoms with Crippen molar-refractivity contribution in [3.8, 4) is 0 Å². The zero-order chi connectivity index (χ0) is 12.3. The predicted molar refractivity (Wildman–Crippen MR) is 74.2 cm³/mol. The molecule has 92 valence electrons. The molecule has 0 heterocycles. The van der Waals surface area contributed by atoms with E-state index >= 15 is 0 Å². The summed E-state index contributed by atoms with van der Waals surface area (Å²) in [6.45, 7) is 6.33. The number of benzene rings is 1. The standard InChI is InChI=1S/C16H23N/c1-4-12(2)9-16(17-3)15-10-13-7-5-6-8-14(13)11-15/h5-8,15-17H,2,4,9-11H2,1,3H3. The van der Waals surface area contributed by atoms with Crippen molar-refractivity contribution < 1.29 is 0 Å². The van der Waals surface area contributed by atoms with Gasteiger partial charge in [0.05, 0.1) is 0 Å². The van der Waals surface area contributed by atoms with E-state index in [0.29, 0.717) is 6.04 Å². The summed E-state index contributed by atoms with van der Waals surface area (Å²) >= 11 is 0. The van der Waals surface area contributed by atoms with Crippen molar-refractivity contribution in [1.29, 1.82) is 0 Å². The number of nitrogens with one attached hydrogen (secondary N) is 1. The molecular weight excluding hydrogens is 206 g/mol. The summed E-state index contributed by atoms with van der Waals surface area (Å²) in [5, 5.41) is 3.48. The van der Waals surface area contributed by atoms with Gasteiger partial charge in [0.15, 0.2) is 0 Å². The van der Waals surface area contributed by atoms with Crippen LogP contribution >= 0.6 is 0 Å². The molecule has 1 aromatic carbocycles. The summed E-state index contributed by atoms with van der Waals surface area (Å²) in [5.74, 6) is 0.737. The van der Waals surface area contributed by atoms with Crippen LogP contribution in [0.15, 0.2) is 36.4 Å². The lowest BCUT2D eigenvalue weighted by Crippen LogP contribution is -2.34. The second kappa shape index (κ2) is 5.50. The maximum Gasteiger partial charge on any atom is 0.0136 e. The van der Waals surface area contributed by atoms with Gasteiger partial charge in [0.2, 0.25) is 0 Å². The zero-order valence-electron chi connectivity index (χ0n) is 11.0. The fourth-order valence-electron chi connectivity index (χ4n) is 2.84. The van der Waals surface area contributed by atoms with E-state index in [9.17, 15) is 0 Å². The molecule has 1 N–H and O–H groups in total. The molecule has 1 heteroatoms. The van der Waals surface area contributed by atoms with Crippen LogP contribution in [0.1, 0.15) is 30.9 Å². The van der Waals surface area contributed by atoms with Gasteiger partial charge in [0, 0.05) is 6.04 Å². The molecule has 1 aliphatic rings. The highest BCUT2D eigenvalue weighted by molar-refractivity contribution is 5.32. The van der Waals surface area contributed by atoms with E-state index in [1.165, 1.54) is 18.4 Å². The molecule has 1 aliphatic carbocycles. The Morgan fingerprint density at radius 2 is 1.94 bits per heavy atom. The van der Waals surface area contributed by atoms with E-state index in [0.717, 1.165) is 18.8 Å². The van der Waals surface area contributed by atoms with Gasteiger partial charge >= 0.3 is 0 Å². The van der Waals surface area contributed by atoms with Gasteiger partial charge in [0.25, 0.3) is 0 Å². The molecule has 1 aromatic rings. The first-order valence-electron chi connectivity index (χ1n) is 6.65. The maximum atomic E-state index is 4.14. The van der Waals surface area contributed by atoms with Gasteiger partial charge in [-0.1, -0.05) is 43.3 Å². The molecule has 1 atom stereocenters. The minimum Gasteiger partial charge on any atom is -0.316 e. The van der Waals surface area contributed by atoms with Crippen LogP contribution in [0.3, 0.4) is 0 Å². The third-order valence-electron chi connectivity index (χ3n) is 4.03. The molecule has 0 radical (unpaired) electrons. The van der Waals surface area contributed by atoms with Gasteiger partial charge in [-0.2, -0.15) is 0 Å². The minimum atomic E-state index is 0.579. The van der Waals surface area contributed by atoms with E-state index in [1.807, 2.05) is 0 Å². The largest absolute Gasteiger partial charge is 0.316 e. The summed E-state index contributed by atoms with van der Waals surface area (Å²) in [6, 6.07) is 9.43. The van der Waals surface area contributed by atoms with Crippen LogP contribution in [0.5, 0.6) is 0 Å². The lowest BCUT2D eigenvalue weighted by molar-refractivity contribution is 0.381. The van der Waals surface area contributed by atoms with Crippen LogP contribution in [0.4, 0.5) is 0 Å². The number of hydrogen-bond acceptors (Lipinski definition) is 1. The first-order chi connectivity index (χ1) is 8.24. The summed E-state index contributed by atoms with van der Waals surface area (Å²) < 4.78 is 0. The molecule has 0 saturated carbocycles. The van der Waals surface area contributed by atoms with Crippen molar-refractivity contribution in [2.75, 3.05) is 7.05 Å². The van der Waals surface area contributed by atoms with E-state index in [2.05, 4.69) is 50.1 Å². The summed E-state index contributed by atoms with van der Waals surface area (Å²) in [7, 11) is 2.08. The highest BCUT2D eigenvalue weighted by Crippen LogP contribution is 2.30. The van der Waals surface area contributed by atoms with Crippen LogP contribution in [0.25, 0.3) is 0 Å². The number of rotatable bonds is 5. The molecule has 1 nitrogen and oxygen atoms in total. The fraction of sp³-hybridized carbons (Fsp3) is 0.500. The molecular formula is C16H23N. The first kappa shape index (κ1) is 12.4. The Morgan fingerprint density at radius 3 is 2.41 bits per heavy atom. The molecule has 0 spiro atoms. The Kier molecular flexibility index (Phi) is 4.01. The van der Waals surface area contributed by atoms with Gasteiger partial charge in [0.1, 0.15) is 0 Å². The average molecular weight is 229 g/mol. The fourth-order valence-corrected chi connectivity index (χ4v) is 2.84. The van der Waals surface area contributed by atoms with Gasteiger partial charge in [-0.3, -0.25) is 0 Å². The van der Waals surface area contributed by atoms with Crippen molar-refractivity contribution in [1.82, 2.24) is 5.32 Å². The van der Waals surface area contributed by atoms with Gasteiger partial charge in [-0.25, -0.2) is 0 Å². The SMILES string of the molecule is C=C(CC)CC(NC)C1Cc2ccccc2C1. The smallest absolute Gasteiger partial charge is 0.0136 e. The summed E-state index contributed by atoms with van der Waals surface area (Å²) in [6.07, 6.45) is 4.65. The molecule has 0 aliphatic heterocycles. The Labute approximate surface area is 105 Å². The Bertz CT molecular complexity index is 369. The average Bonchev–Trinajstić information content (AvgIpc) is 2.78. The van der Waals surface area contributed by atoms with E-state index in [-0.39, 0.29) is 0 Å². The zero-order valence-corrected chi connectivity index (χ0v) is 11.0. The molecule has 2 rings (SSSR count). The Hall–Kier alpha value is -1.08. The molecule has 17 heavy (non-hydrogen) atoms. The lowest BCUT2D eigenvalue weighted by Gasteiger charge is -2.23. The van der Waals surface area contributed by atoms with Gasteiger partial charge in [-0.15, -0.1) is 0 Å². The molecule has 0 aromatic heterocycles. The molecule has 0 bridgehead atoms. The van der Waals surface area contributed by atoms with E-state index < -0.39 is 0 Å². The number of fused-ring (bicyclic) bond motifs is 1. The highest BCUT2D eigenvalue weighted by Gasteiger charge is 2.27. The van der Waals surface area contributed by atoms with Crippen molar-refractivity contribution in [2.45, 2.75) is 38.6 Å². The second-order valence-electron chi connectivity index (χ2n) is 5.14. The van der Waals surface area contributed by atoms with Crippen LogP contribution in [0, 0.1) is 5.92 Å². The summed E-state index contributed by atoms with van der Waals surface area (Å²) in [4.78, 5) is 0. The van der Waals surface area contributed by atoms with Gasteiger partial charge < -0.3 is 5.32 Å². The van der Waals surface area contributed by atoms with Gasteiger partial charge in [-0.05, 0) is 49.8 Å². The van der Waals surface area contributed by atoms with Crippen molar-refractivity contribution in [3.63, 3.8) is 0 Å². The first-order valence-corrected chi connectivity index (χ1v) is 6.65. The topological polar surface area (TPSA) is 12.0 Å². The van der Waals surface area contributed by atoms with E-state index in [1.54, 1.807) is 11.1 Å². The molecule has 0 saturated heterocycles. The number of hydrogen-bond donors (Lipinski definition) is 1. The monoisotopic (exact) mass is 229 g/mol. The summed E-state index contributed by atoms with van der Waals surface area (Å²) in [5.41, 5.74) is 4.44. The quantitative estimate of drug-likeness (QED) is 0.764. The van der Waals surface area contributed by atoms with Crippen LogP contribution in [-0.2, 0) is 12.8 Å². The highest BCUT2D eigenvalue weighted by atomic mass is 14.9. The van der Waals surface area contributed by atoms with Crippen molar-refractivity contribution in [3.05, 3.63) is 47.5 Å². The maximum absolute atomic E-state index is 4.14. The van der Waals surface area contributed by atoms with Crippen molar-refractivity contribution >= 4 is 0 Å². The third kappa shape index (κ3) is 2.78. The van der Waals surface area contributed by atoms with Crippen LogP contribution < -0.4 is 5.32 Å². The normalized spacial score (nSPS) is 16.8. The Morgan fingerprint density at radius 1 is 1.35 bits per heavy atom. The lowest BCUT2D eigenvalue weighted by atomic mass is 9.91. The van der Waals surface area contributed by atoms with Crippen LogP contribution in [-0.4, -0.2) is 13.1 Å². The molecule has 0 fully saturated rings. The Balaban J connectivity index is 2.02.